The van der Waals surface area contributed by atoms with E-state index in [1.807, 2.05) is 6.20 Å². The summed E-state index contributed by atoms with van der Waals surface area (Å²) in [6.45, 7) is 10.2. The van der Waals surface area contributed by atoms with Crippen LogP contribution in [0.4, 0.5) is 0 Å². The van der Waals surface area contributed by atoms with Gasteiger partial charge in [-0.25, -0.2) is 4.98 Å². The lowest BCUT2D eigenvalue weighted by Crippen LogP contribution is -2.43. The number of aromatic nitrogens is 2. The first-order valence-electron chi connectivity index (χ1n) is 7.86. The molecule has 19 heavy (non-hydrogen) atoms. The largest absolute Gasteiger partial charge is 0.331 e. The van der Waals surface area contributed by atoms with Crippen molar-refractivity contribution in [2.24, 2.45) is 11.8 Å². The minimum Gasteiger partial charge on any atom is -0.331 e. The Morgan fingerprint density at radius 1 is 1.42 bits per heavy atom. The Hall–Kier alpha value is -0.830. The summed E-state index contributed by atoms with van der Waals surface area (Å²) < 4.78 is 2.39. The summed E-state index contributed by atoms with van der Waals surface area (Å²) in [6, 6.07) is 1.19. The highest BCUT2D eigenvalue weighted by Gasteiger charge is 2.32. The lowest BCUT2D eigenvalue weighted by atomic mass is 9.76. The Morgan fingerprint density at radius 2 is 2.21 bits per heavy atom. The fraction of sp³-hybridized carbons (Fsp3) is 0.812. The first-order valence-corrected chi connectivity index (χ1v) is 7.86. The van der Waals surface area contributed by atoms with Crippen LogP contribution in [0.25, 0.3) is 0 Å². The third-order valence-electron chi connectivity index (χ3n) is 4.68. The fourth-order valence-corrected chi connectivity index (χ4v) is 3.40. The third kappa shape index (κ3) is 3.38. The lowest BCUT2D eigenvalue weighted by molar-refractivity contribution is 0.170. The molecule has 0 aliphatic heterocycles. The second-order valence-electron chi connectivity index (χ2n) is 6.33. The Bertz CT molecular complexity index is 383. The van der Waals surface area contributed by atoms with Gasteiger partial charge in [-0.3, -0.25) is 0 Å². The predicted octanol–water partition coefficient (Wildman–Crippen LogP) is 3.56. The van der Waals surface area contributed by atoms with Crippen LogP contribution in [0.1, 0.15) is 58.3 Å². The molecule has 1 N–H and O–H groups in total. The number of nitrogens with zero attached hydrogens (tertiary/aromatic N) is 2. The van der Waals surface area contributed by atoms with Crippen molar-refractivity contribution in [1.82, 2.24) is 14.9 Å². The van der Waals surface area contributed by atoms with Gasteiger partial charge in [0.2, 0.25) is 0 Å². The van der Waals surface area contributed by atoms with Crippen LogP contribution in [0, 0.1) is 18.8 Å². The zero-order chi connectivity index (χ0) is 13.8. The van der Waals surface area contributed by atoms with Gasteiger partial charge in [0.25, 0.3) is 0 Å². The maximum absolute atomic E-state index is 4.41. The molecule has 0 bridgehead atoms. The van der Waals surface area contributed by atoms with E-state index < -0.39 is 0 Å². The number of hydrogen-bond acceptors (Lipinski definition) is 2. The van der Waals surface area contributed by atoms with E-state index in [1.165, 1.54) is 25.7 Å². The van der Waals surface area contributed by atoms with Crippen molar-refractivity contribution in [2.45, 2.75) is 65.5 Å². The molecule has 0 radical (unpaired) electrons. The van der Waals surface area contributed by atoms with E-state index in [2.05, 4.69) is 48.8 Å². The van der Waals surface area contributed by atoms with Crippen LogP contribution in [-0.2, 0) is 0 Å². The molecule has 2 rings (SSSR count). The molecule has 0 spiro atoms. The molecule has 1 aliphatic carbocycles. The molecule has 1 fully saturated rings. The molecule has 1 saturated carbocycles. The number of imidazole rings is 1. The average molecular weight is 263 g/mol. The zero-order valence-corrected chi connectivity index (χ0v) is 12.9. The summed E-state index contributed by atoms with van der Waals surface area (Å²) in [5, 5.41) is 3.75. The predicted molar refractivity (Wildman–Crippen MR) is 80.3 cm³/mol. The second kappa shape index (κ2) is 6.56. The summed E-state index contributed by atoms with van der Waals surface area (Å²) in [5.74, 6) is 2.79. The Balaban J connectivity index is 2.13. The van der Waals surface area contributed by atoms with Crippen molar-refractivity contribution in [2.75, 3.05) is 6.54 Å². The average Bonchev–Trinajstić information content (AvgIpc) is 2.82. The summed E-state index contributed by atoms with van der Waals surface area (Å²) in [5.41, 5.74) is 0. The first kappa shape index (κ1) is 14.6. The number of nitrogens with one attached hydrogen (secondary N) is 1. The van der Waals surface area contributed by atoms with Gasteiger partial charge < -0.3 is 9.88 Å². The van der Waals surface area contributed by atoms with Gasteiger partial charge in [-0.05, 0) is 51.0 Å². The molecule has 1 heterocycles. The van der Waals surface area contributed by atoms with Crippen LogP contribution in [0.3, 0.4) is 0 Å². The molecular formula is C16H29N3. The van der Waals surface area contributed by atoms with Crippen LogP contribution >= 0.6 is 0 Å². The van der Waals surface area contributed by atoms with Crippen LogP contribution in [-0.4, -0.2) is 22.1 Å². The van der Waals surface area contributed by atoms with Gasteiger partial charge >= 0.3 is 0 Å². The maximum atomic E-state index is 4.41. The maximum Gasteiger partial charge on any atom is 0.105 e. The number of rotatable bonds is 5. The summed E-state index contributed by atoms with van der Waals surface area (Å²) in [7, 11) is 0. The first-order chi connectivity index (χ1) is 9.13. The standard InChI is InChI=1S/C16H29N3/c1-5-8-18-15-7-6-14(12(2)3)11-16(15)19-10-9-17-13(19)4/h9-10,12,14-16,18H,5-8,11H2,1-4H3. The van der Waals surface area contributed by atoms with Crippen molar-refractivity contribution in [3.63, 3.8) is 0 Å². The van der Waals surface area contributed by atoms with E-state index >= 15 is 0 Å². The second-order valence-corrected chi connectivity index (χ2v) is 6.33. The van der Waals surface area contributed by atoms with Crippen molar-refractivity contribution in [3.8, 4) is 0 Å². The topological polar surface area (TPSA) is 29.9 Å². The molecule has 1 aromatic rings. The van der Waals surface area contributed by atoms with Gasteiger partial charge in [-0.2, -0.15) is 0 Å². The molecule has 3 unspecified atom stereocenters. The van der Waals surface area contributed by atoms with Crippen LogP contribution in [0.15, 0.2) is 12.4 Å². The smallest absolute Gasteiger partial charge is 0.105 e. The lowest BCUT2D eigenvalue weighted by Gasteiger charge is -2.39. The molecule has 1 aliphatic rings. The minimum absolute atomic E-state index is 0.579. The molecule has 3 atom stereocenters. The quantitative estimate of drug-likeness (QED) is 0.880. The van der Waals surface area contributed by atoms with Crippen molar-refractivity contribution in [3.05, 3.63) is 18.2 Å². The van der Waals surface area contributed by atoms with Crippen LogP contribution in [0.2, 0.25) is 0 Å². The van der Waals surface area contributed by atoms with Crippen molar-refractivity contribution in [1.29, 1.82) is 0 Å². The molecule has 3 nitrogen and oxygen atoms in total. The van der Waals surface area contributed by atoms with Crippen LogP contribution < -0.4 is 5.32 Å². The summed E-state index contributed by atoms with van der Waals surface area (Å²) >= 11 is 0. The van der Waals surface area contributed by atoms with Gasteiger partial charge in [-0.1, -0.05) is 20.8 Å². The monoisotopic (exact) mass is 263 g/mol. The molecular weight excluding hydrogens is 234 g/mol. The highest BCUT2D eigenvalue weighted by molar-refractivity contribution is 4.98. The van der Waals surface area contributed by atoms with E-state index in [0.29, 0.717) is 12.1 Å². The van der Waals surface area contributed by atoms with Gasteiger partial charge in [0.05, 0.1) is 6.04 Å². The highest BCUT2D eigenvalue weighted by atomic mass is 15.1. The SMILES string of the molecule is CCCNC1CCC(C(C)C)CC1n1ccnc1C. The van der Waals surface area contributed by atoms with E-state index in [4.69, 9.17) is 0 Å². The van der Waals surface area contributed by atoms with Crippen molar-refractivity contribution < 1.29 is 0 Å². The molecule has 0 aromatic carbocycles. The van der Waals surface area contributed by atoms with Gasteiger partial charge in [0.15, 0.2) is 0 Å². The van der Waals surface area contributed by atoms with Crippen molar-refractivity contribution >= 4 is 0 Å². The Morgan fingerprint density at radius 3 is 2.79 bits per heavy atom. The van der Waals surface area contributed by atoms with E-state index in [0.717, 1.165) is 24.2 Å². The van der Waals surface area contributed by atoms with Gasteiger partial charge in [-0.15, -0.1) is 0 Å². The number of hydrogen-bond donors (Lipinski definition) is 1. The minimum atomic E-state index is 0.579. The number of aryl methyl sites for hydroxylation is 1. The molecule has 1 aromatic heterocycles. The Kier molecular flexibility index (Phi) is 5.03. The molecule has 0 saturated heterocycles. The van der Waals surface area contributed by atoms with E-state index in [9.17, 15) is 0 Å². The summed E-state index contributed by atoms with van der Waals surface area (Å²) in [4.78, 5) is 4.41. The van der Waals surface area contributed by atoms with Gasteiger partial charge in [0.1, 0.15) is 5.82 Å². The highest BCUT2D eigenvalue weighted by Crippen LogP contribution is 2.37. The summed E-state index contributed by atoms with van der Waals surface area (Å²) in [6.07, 6.45) is 9.25. The Labute approximate surface area is 117 Å². The van der Waals surface area contributed by atoms with Crippen LogP contribution in [0.5, 0.6) is 0 Å². The zero-order valence-electron chi connectivity index (χ0n) is 12.9. The molecule has 0 amide bonds. The van der Waals surface area contributed by atoms with Gasteiger partial charge in [0, 0.05) is 18.4 Å². The molecule has 108 valence electrons. The van der Waals surface area contributed by atoms with E-state index in [1.54, 1.807) is 0 Å². The fourth-order valence-electron chi connectivity index (χ4n) is 3.40. The molecule has 3 heteroatoms. The normalized spacial score (nSPS) is 27.9. The third-order valence-corrected chi connectivity index (χ3v) is 4.68. The van der Waals surface area contributed by atoms with E-state index in [-0.39, 0.29) is 0 Å².